The summed E-state index contributed by atoms with van der Waals surface area (Å²) in [7, 11) is 0. The predicted octanol–water partition coefficient (Wildman–Crippen LogP) is 1.01. The molecule has 1 fully saturated rings. The maximum Gasteiger partial charge on any atom is 0.333 e. The first kappa shape index (κ1) is 11.4. The van der Waals surface area contributed by atoms with E-state index in [9.17, 15) is 14.4 Å². The van der Waals surface area contributed by atoms with Crippen LogP contribution in [0.2, 0.25) is 5.02 Å². The maximum atomic E-state index is 11.8. The van der Waals surface area contributed by atoms with Crippen molar-refractivity contribution in [3.05, 3.63) is 34.9 Å². The highest BCUT2D eigenvalue weighted by molar-refractivity contribution is 6.30. The molecule has 7 heteroatoms. The Morgan fingerprint density at radius 1 is 1.29 bits per heavy atom. The Balaban J connectivity index is 2.31. The van der Waals surface area contributed by atoms with Crippen molar-refractivity contribution in [3.8, 4) is 0 Å². The van der Waals surface area contributed by atoms with E-state index in [0.717, 1.165) is 0 Å². The average molecular weight is 254 g/mol. The Hall–Kier alpha value is -2.08. The number of hydrogen-bond donors (Lipinski definition) is 2. The maximum absolute atomic E-state index is 11.8. The number of carbonyl (C=O) groups excluding carboxylic acids is 3. The van der Waals surface area contributed by atoms with Crippen LogP contribution < -0.4 is 11.1 Å². The highest BCUT2D eigenvalue weighted by Crippen LogP contribution is 2.23. The lowest BCUT2D eigenvalue weighted by molar-refractivity contribution is -0.125. The number of amides is 5. The second-order valence-electron chi connectivity index (χ2n) is 3.45. The molecule has 1 atom stereocenters. The standard InChI is InChI=1S/C10H8ClN3O3/c11-6-3-1-5(2-4-6)7-8(15)14(9(12)16)10(17)13-7/h1-4,7H,(H2,12,16)(H,13,17). The van der Waals surface area contributed by atoms with Gasteiger partial charge >= 0.3 is 12.1 Å². The number of hydrogen-bond acceptors (Lipinski definition) is 3. The van der Waals surface area contributed by atoms with Crippen molar-refractivity contribution in [2.24, 2.45) is 5.73 Å². The van der Waals surface area contributed by atoms with Gasteiger partial charge in [0.1, 0.15) is 6.04 Å². The number of imide groups is 3. The van der Waals surface area contributed by atoms with Crippen LogP contribution in [0.4, 0.5) is 9.59 Å². The largest absolute Gasteiger partial charge is 0.351 e. The highest BCUT2D eigenvalue weighted by atomic mass is 35.5. The number of nitrogens with two attached hydrogens (primary N) is 1. The normalized spacial score (nSPS) is 19.4. The zero-order valence-electron chi connectivity index (χ0n) is 8.51. The summed E-state index contributed by atoms with van der Waals surface area (Å²) in [6, 6.07) is 3.55. The van der Waals surface area contributed by atoms with Crippen molar-refractivity contribution < 1.29 is 14.4 Å². The molecule has 0 saturated carbocycles. The van der Waals surface area contributed by atoms with Gasteiger partial charge in [0.25, 0.3) is 5.91 Å². The Kier molecular flexibility index (Phi) is 2.72. The van der Waals surface area contributed by atoms with Gasteiger partial charge in [0, 0.05) is 5.02 Å². The van der Waals surface area contributed by atoms with E-state index in [4.69, 9.17) is 17.3 Å². The number of carbonyl (C=O) groups is 3. The first-order chi connectivity index (χ1) is 8.00. The quantitative estimate of drug-likeness (QED) is 0.732. The topological polar surface area (TPSA) is 92.5 Å². The first-order valence-corrected chi connectivity index (χ1v) is 5.08. The van der Waals surface area contributed by atoms with Crippen LogP contribution in [0.25, 0.3) is 0 Å². The van der Waals surface area contributed by atoms with Gasteiger partial charge in [-0.2, -0.15) is 4.90 Å². The number of rotatable bonds is 1. The molecule has 1 heterocycles. The minimum Gasteiger partial charge on any atom is -0.351 e. The van der Waals surface area contributed by atoms with E-state index in [2.05, 4.69) is 5.32 Å². The van der Waals surface area contributed by atoms with Crippen LogP contribution in [-0.2, 0) is 4.79 Å². The fourth-order valence-corrected chi connectivity index (χ4v) is 1.69. The molecular weight excluding hydrogens is 246 g/mol. The van der Waals surface area contributed by atoms with E-state index in [-0.39, 0.29) is 0 Å². The molecule has 1 unspecified atom stereocenters. The molecule has 2 rings (SSSR count). The summed E-state index contributed by atoms with van der Waals surface area (Å²) in [6.45, 7) is 0. The molecule has 5 amide bonds. The van der Waals surface area contributed by atoms with Crippen LogP contribution in [-0.4, -0.2) is 22.9 Å². The van der Waals surface area contributed by atoms with Gasteiger partial charge in [-0.1, -0.05) is 23.7 Å². The van der Waals surface area contributed by atoms with Gasteiger partial charge in [0.15, 0.2) is 0 Å². The van der Waals surface area contributed by atoms with Crippen LogP contribution in [0, 0.1) is 0 Å². The van der Waals surface area contributed by atoms with Gasteiger partial charge in [-0.05, 0) is 17.7 Å². The Bertz CT molecular complexity index is 500. The molecule has 0 bridgehead atoms. The van der Waals surface area contributed by atoms with Crippen molar-refractivity contribution in [2.45, 2.75) is 6.04 Å². The molecule has 0 spiro atoms. The fraction of sp³-hybridized carbons (Fsp3) is 0.100. The number of benzene rings is 1. The molecule has 1 aliphatic rings. The zero-order valence-corrected chi connectivity index (χ0v) is 9.27. The molecular formula is C10H8ClN3O3. The molecule has 0 radical (unpaired) electrons. The Morgan fingerprint density at radius 3 is 2.35 bits per heavy atom. The van der Waals surface area contributed by atoms with Crippen molar-refractivity contribution >= 4 is 29.6 Å². The molecule has 1 saturated heterocycles. The summed E-state index contributed by atoms with van der Waals surface area (Å²) in [5.41, 5.74) is 5.47. The Morgan fingerprint density at radius 2 is 1.88 bits per heavy atom. The lowest BCUT2D eigenvalue weighted by Crippen LogP contribution is -2.40. The monoisotopic (exact) mass is 253 g/mol. The van der Waals surface area contributed by atoms with E-state index < -0.39 is 24.0 Å². The van der Waals surface area contributed by atoms with Crippen molar-refractivity contribution in [2.75, 3.05) is 0 Å². The van der Waals surface area contributed by atoms with Crippen molar-refractivity contribution in [3.63, 3.8) is 0 Å². The number of halogens is 1. The van der Waals surface area contributed by atoms with E-state index in [1.807, 2.05) is 0 Å². The lowest BCUT2D eigenvalue weighted by Gasteiger charge is -2.08. The molecule has 88 valence electrons. The average Bonchev–Trinajstić information content (AvgIpc) is 2.55. The number of nitrogens with one attached hydrogen (secondary N) is 1. The molecule has 0 aliphatic carbocycles. The SMILES string of the molecule is NC(=O)N1C(=O)NC(c2ccc(Cl)cc2)C1=O. The van der Waals surface area contributed by atoms with Gasteiger partial charge in [-0.15, -0.1) is 0 Å². The van der Waals surface area contributed by atoms with Crippen LogP contribution in [0.15, 0.2) is 24.3 Å². The number of urea groups is 2. The molecule has 17 heavy (non-hydrogen) atoms. The van der Waals surface area contributed by atoms with Crippen molar-refractivity contribution in [1.82, 2.24) is 10.2 Å². The van der Waals surface area contributed by atoms with Crippen LogP contribution in [0.5, 0.6) is 0 Å². The summed E-state index contributed by atoms with van der Waals surface area (Å²) in [6.07, 6.45) is 0. The zero-order chi connectivity index (χ0) is 12.6. The van der Waals surface area contributed by atoms with E-state index in [1.165, 1.54) is 0 Å². The number of nitrogens with zero attached hydrogens (tertiary/aromatic N) is 1. The smallest absolute Gasteiger partial charge is 0.333 e. The minimum absolute atomic E-state index is 0.374. The second kappa shape index (κ2) is 4.06. The molecule has 3 N–H and O–H groups in total. The minimum atomic E-state index is -1.09. The third-order valence-corrected chi connectivity index (χ3v) is 2.61. The number of primary amides is 1. The summed E-state index contributed by atoms with van der Waals surface area (Å²) in [5.74, 6) is -0.690. The third kappa shape index (κ3) is 1.94. The molecule has 1 aromatic carbocycles. The highest BCUT2D eigenvalue weighted by Gasteiger charge is 2.41. The van der Waals surface area contributed by atoms with Crippen LogP contribution in [0.1, 0.15) is 11.6 Å². The van der Waals surface area contributed by atoms with Gasteiger partial charge in [-0.25, -0.2) is 9.59 Å². The van der Waals surface area contributed by atoms with Gasteiger partial charge in [0.2, 0.25) is 0 Å². The van der Waals surface area contributed by atoms with E-state index in [1.54, 1.807) is 24.3 Å². The second-order valence-corrected chi connectivity index (χ2v) is 3.88. The molecule has 1 aromatic rings. The van der Waals surface area contributed by atoms with Gasteiger partial charge in [-0.3, -0.25) is 4.79 Å². The van der Waals surface area contributed by atoms with Gasteiger partial charge in [0.05, 0.1) is 0 Å². The van der Waals surface area contributed by atoms with Crippen molar-refractivity contribution in [1.29, 1.82) is 0 Å². The summed E-state index contributed by atoms with van der Waals surface area (Å²) in [4.78, 5) is 34.4. The summed E-state index contributed by atoms with van der Waals surface area (Å²) < 4.78 is 0. The van der Waals surface area contributed by atoms with Crippen LogP contribution in [0.3, 0.4) is 0 Å². The molecule has 1 aliphatic heterocycles. The molecule has 6 nitrogen and oxygen atoms in total. The summed E-state index contributed by atoms with van der Waals surface area (Å²) >= 11 is 5.71. The first-order valence-electron chi connectivity index (χ1n) is 4.70. The van der Waals surface area contributed by atoms with E-state index >= 15 is 0 Å². The Labute approximate surface area is 101 Å². The van der Waals surface area contributed by atoms with Crippen LogP contribution >= 0.6 is 11.6 Å². The molecule has 0 aromatic heterocycles. The predicted molar refractivity (Wildman–Crippen MR) is 59.2 cm³/mol. The van der Waals surface area contributed by atoms with Gasteiger partial charge < -0.3 is 11.1 Å². The summed E-state index contributed by atoms with van der Waals surface area (Å²) in [5, 5.41) is 2.88. The fourth-order valence-electron chi connectivity index (χ4n) is 1.57. The third-order valence-electron chi connectivity index (χ3n) is 2.36. The van der Waals surface area contributed by atoms with E-state index in [0.29, 0.717) is 15.5 Å². The lowest BCUT2D eigenvalue weighted by atomic mass is 10.1.